The average molecular weight is 247 g/mol. The first-order chi connectivity index (χ1) is 7.52. The first kappa shape index (κ1) is 16.3. The molecule has 0 bridgehead atoms. The average Bonchev–Trinajstić information content (AvgIpc) is 2.22. The van der Waals surface area contributed by atoms with Gasteiger partial charge in [0.15, 0.2) is 0 Å². The van der Waals surface area contributed by atoms with Crippen molar-refractivity contribution in [1.82, 2.24) is 5.32 Å². The summed E-state index contributed by atoms with van der Waals surface area (Å²) in [5.74, 6) is 0.794. The topological polar surface area (TPSA) is 32.3 Å². The Hall–Kier alpha value is 0.270. The van der Waals surface area contributed by atoms with Crippen molar-refractivity contribution in [3.8, 4) is 0 Å². The second-order valence-electron chi connectivity index (χ2n) is 5.06. The summed E-state index contributed by atoms with van der Waals surface area (Å²) < 4.78 is 0. The molecule has 0 aliphatic carbocycles. The molecule has 0 aliphatic heterocycles. The summed E-state index contributed by atoms with van der Waals surface area (Å²) >= 11 is 1.69. The molecule has 2 unspecified atom stereocenters. The molecule has 0 aromatic heterocycles. The lowest BCUT2D eigenvalue weighted by Gasteiger charge is -2.25. The normalized spacial score (nSPS) is 17.1. The molecule has 0 radical (unpaired) electrons. The molecule has 0 rings (SSSR count). The van der Waals surface area contributed by atoms with E-state index in [1.54, 1.807) is 11.8 Å². The lowest BCUT2D eigenvalue weighted by molar-refractivity contribution is 0.0816. The molecule has 0 saturated heterocycles. The van der Waals surface area contributed by atoms with Gasteiger partial charge in [-0.25, -0.2) is 0 Å². The van der Waals surface area contributed by atoms with Crippen molar-refractivity contribution in [2.45, 2.75) is 64.5 Å². The summed E-state index contributed by atoms with van der Waals surface area (Å²) in [5, 5.41) is 13.4. The van der Waals surface area contributed by atoms with E-state index in [0.717, 1.165) is 5.75 Å². The summed E-state index contributed by atoms with van der Waals surface area (Å²) in [4.78, 5) is 0. The van der Waals surface area contributed by atoms with E-state index in [2.05, 4.69) is 19.2 Å². The van der Waals surface area contributed by atoms with Gasteiger partial charge in [-0.05, 0) is 26.5 Å². The van der Waals surface area contributed by atoms with E-state index in [1.165, 1.54) is 32.1 Å². The number of unbranched alkanes of at least 4 members (excludes halogenated alkanes) is 3. The van der Waals surface area contributed by atoms with Crippen molar-refractivity contribution in [3.05, 3.63) is 0 Å². The van der Waals surface area contributed by atoms with Gasteiger partial charge in [-0.3, -0.25) is 0 Å². The minimum absolute atomic E-state index is 0.519. The minimum Gasteiger partial charge on any atom is -0.388 e. The largest absolute Gasteiger partial charge is 0.388 e. The summed E-state index contributed by atoms with van der Waals surface area (Å²) in [6.45, 7) is 7.05. The second kappa shape index (κ2) is 9.32. The maximum atomic E-state index is 9.99. The maximum absolute atomic E-state index is 9.99. The van der Waals surface area contributed by atoms with Crippen LogP contribution >= 0.6 is 11.8 Å². The van der Waals surface area contributed by atoms with Crippen LogP contribution in [0.1, 0.15) is 52.9 Å². The quantitative estimate of drug-likeness (QED) is 0.582. The van der Waals surface area contributed by atoms with Crippen molar-refractivity contribution in [3.63, 3.8) is 0 Å². The van der Waals surface area contributed by atoms with Crippen LogP contribution < -0.4 is 5.32 Å². The van der Waals surface area contributed by atoms with Crippen molar-refractivity contribution in [2.24, 2.45) is 0 Å². The van der Waals surface area contributed by atoms with Crippen LogP contribution in [0.4, 0.5) is 0 Å². The molecule has 0 fully saturated rings. The zero-order chi connectivity index (χ0) is 12.4. The molecule has 16 heavy (non-hydrogen) atoms. The summed E-state index contributed by atoms with van der Waals surface area (Å²) in [5.41, 5.74) is -0.572. The Morgan fingerprint density at radius 1 is 1.31 bits per heavy atom. The van der Waals surface area contributed by atoms with E-state index in [9.17, 15) is 5.11 Å². The Morgan fingerprint density at radius 3 is 2.56 bits per heavy atom. The van der Waals surface area contributed by atoms with E-state index in [-0.39, 0.29) is 0 Å². The molecule has 2 N–H and O–H groups in total. The van der Waals surface area contributed by atoms with Crippen LogP contribution in [0, 0.1) is 0 Å². The van der Waals surface area contributed by atoms with Gasteiger partial charge in [-0.2, -0.15) is 11.8 Å². The van der Waals surface area contributed by atoms with Crippen LogP contribution in [0.2, 0.25) is 0 Å². The van der Waals surface area contributed by atoms with Gasteiger partial charge in [0.25, 0.3) is 0 Å². The highest BCUT2D eigenvalue weighted by molar-refractivity contribution is 7.98. The summed E-state index contributed by atoms with van der Waals surface area (Å²) in [6, 6.07) is 0.519. The Kier molecular flexibility index (Phi) is 9.47. The van der Waals surface area contributed by atoms with Gasteiger partial charge >= 0.3 is 0 Å². The number of hydrogen-bond acceptors (Lipinski definition) is 3. The molecular weight excluding hydrogens is 218 g/mol. The highest BCUT2D eigenvalue weighted by atomic mass is 32.2. The van der Waals surface area contributed by atoms with Crippen LogP contribution in [0.3, 0.4) is 0 Å². The summed E-state index contributed by atoms with van der Waals surface area (Å²) in [7, 11) is 0. The summed E-state index contributed by atoms with van der Waals surface area (Å²) in [6.07, 6.45) is 8.52. The highest BCUT2D eigenvalue weighted by Gasteiger charge is 2.19. The van der Waals surface area contributed by atoms with Gasteiger partial charge in [-0.1, -0.05) is 32.6 Å². The Labute approximate surface area is 106 Å². The molecule has 0 aliphatic rings. The van der Waals surface area contributed by atoms with Gasteiger partial charge in [-0.15, -0.1) is 0 Å². The van der Waals surface area contributed by atoms with E-state index in [1.807, 2.05) is 13.2 Å². The fourth-order valence-electron chi connectivity index (χ4n) is 1.74. The monoisotopic (exact) mass is 247 g/mol. The second-order valence-corrected chi connectivity index (χ2v) is 5.93. The van der Waals surface area contributed by atoms with Crippen LogP contribution in [0.15, 0.2) is 0 Å². The first-order valence-electron chi connectivity index (χ1n) is 6.46. The number of nitrogens with one attached hydrogen (secondary N) is 1. The molecule has 0 aromatic rings. The minimum atomic E-state index is -0.572. The van der Waals surface area contributed by atoms with E-state index < -0.39 is 5.60 Å². The first-order valence-corrected chi connectivity index (χ1v) is 7.86. The number of aliphatic hydroxyl groups is 1. The van der Waals surface area contributed by atoms with Crippen LogP contribution in [-0.4, -0.2) is 35.3 Å². The van der Waals surface area contributed by atoms with E-state index in [0.29, 0.717) is 12.6 Å². The Morgan fingerprint density at radius 2 is 2.00 bits per heavy atom. The fraction of sp³-hybridized carbons (Fsp3) is 1.00. The molecule has 0 amide bonds. The molecule has 98 valence electrons. The molecule has 3 heteroatoms. The molecule has 0 saturated carbocycles. The molecule has 0 spiro atoms. The van der Waals surface area contributed by atoms with E-state index in [4.69, 9.17) is 0 Å². The SMILES string of the molecule is CCCCCCC(C)NCC(C)(O)CSC. The smallest absolute Gasteiger partial charge is 0.0833 e. The molecule has 0 heterocycles. The van der Waals surface area contributed by atoms with E-state index >= 15 is 0 Å². The van der Waals surface area contributed by atoms with Crippen LogP contribution in [0.25, 0.3) is 0 Å². The maximum Gasteiger partial charge on any atom is 0.0833 e. The highest BCUT2D eigenvalue weighted by Crippen LogP contribution is 2.10. The lowest BCUT2D eigenvalue weighted by Crippen LogP contribution is -2.43. The number of rotatable bonds is 10. The lowest BCUT2D eigenvalue weighted by atomic mass is 10.1. The fourth-order valence-corrected chi connectivity index (χ4v) is 2.46. The van der Waals surface area contributed by atoms with Crippen molar-refractivity contribution < 1.29 is 5.11 Å². The van der Waals surface area contributed by atoms with Gasteiger partial charge in [0.1, 0.15) is 0 Å². The number of thioether (sulfide) groups is 1. The van der Waals surface area contributed by atoms with Gasteiger partial charge in [0.2, 0.25) is 0 Å². The van der Waals surface area contributed by atoms with Crippen LogP contribution in [-0.2, 0) is 0 Å². The predicted molar refractivity (Wildman–Crippen MR) is 75.2 cm³/mol. The zero-order valence-corrected chi connectivity index (χ0v) is 12.2. The Balaban J connectivity index is 3.52. The number of hydrogen-bond donors (Lipinski definition) is 2. The van der Waals surface area contributed by atoms with Gasteiger partial charge < -0.3 is 10.4 Å². The zero-order valence-electron chi connectivity index (χ0n) is 11.4. The van der Waals surface area contributed by atoms with Crippen LogP contribution in [0.5, 0.6) is 0 Å². The van der Waals surface area contributed by atoms with Crippen molar-refractivity contribution in [1.29, 1.82) is 0 Å². The van der Waals surface area contributed by atoms with Gasteiger partial charge in [0, 0.05) is 18.3 Å². The van der Waals surface area contributed by atoms with Crippen molar-refractivity contribution in [2.75, 3.05) is 18.6 Å². The third-order valence-electron chi connectivity index (χ3n) is 2.78. The third-order valence-corrected chi connectivity index (χ3v) is 3.69. The molecule has 2 atom stereocenters. The van der Waals surface area contributed by atoms with Gasteiger partial charge in [0.05, 0.1) is 5.60 Å². The molecule has 2 nitrogen and oxygen atoms in total. The third kappa shape index (κ3) is 9.49. The molecule has 0 aromatic carbocycles. The Bertz CT molecular complexity index is 162. The molecular formula is C13H29NOS. The standard InChI is InChI=1S/C13H29NOS/c1-5-6-7-8-9-12(2)14-10-13(3,15)11-16-4/h12,14-15H,5-11H2,1-4H3. The van der Waals surface area contributed by atoms with Crippen molar-refractivity contribution >= 4 is 11.8 Å². The predicted octanol–water partition coefficient (Wildman–Crippen LogP) is 3.05.